The Bertz CT molecular complexity index is 691. The van der Waals surface area contributed by atoms with Crippen molar-refractivity contribution >= 4 is 27.5 Å². The van der Waals surface area contributed by atoms with Gasteiger partial charge in [-0.1, -0.05) is 6.92 Å². The largest absolute Gasteiger partial charge is 0.352 e. The molecule has 0 aromatic carbocycles. The first kappa shape index (κ1) is 13.3. The molecule has 2 aromatic heterocycles. The van der Waals surface area contributed by atoms with Crippen molar-refractivity contribution < 1.29 is 4.79 Å². The van der Waals surface area contributed by atoms with Gasteiger partial charge in [-0.2, -0.15) is 0 Å². The second kappa shape index (κ2) is 5.36. The van der Waals surface area contributed by atoms with E-state index in [1.807, 2.05) is 5.38 Å². The predicted octanol–water partition coefficient (Wildman–Crippen LogP) is 1.76. The minimum absolute atomic E-state index is 0.0441. The molecule has 5 nitrogen and oxygen atoms in total. The Morgan fingerprint density at radius 2 is 2.40 bits per heavy atom. The van der Waals surface area contributed by atoms with E-state index in [0.29, 0.717) is 11.3 Å². The summed E-state index contributed by atoms with van der Waals surface area (Å²) in [6, 6.07) is 2.01. The van der Waals surface area contributed by atoms with Crippen LogP contribution in [0.3, 0.4) is 0 Å². The summed E-state index contributed by atoms with van der Waals surface area (Å²) >= 11 is 1.43. The van der Waals surface area contributed by atoms with Crippen LogP contribution in [0.5, 0.6) is 0 Å². The summed E-state index contributed by atoms with van der Waals surface area (Å²) in [5.74, 6) is 0.564. The molecule has 106 valence electrons. The summed E-state index contributed by atoms with van der Waals surface area (Å²) in [6.45, 7) is 2.24. The van der Waals surface area contributed by atoms with Crippen molar-refractivity contribution in [2.45, 2.75) is 38.8 Å². The topological polar surface area (TPSA) is 64.0 Å². The Morgan fingerprint density at radius 1 is 1.55 bits per heavy atom. The smallest absolute Gasteiger partial charge is 0.262 e. The van der Waals surface area contributed by atoms with E-state index in [0.717, 1.165) is 24.1 Å². The molecular weight excluding hydrogens is 274 g/mol. The Balaban J connectivity index is 1.71. The molecule has 0 bridgehead atoms. The van der Waals surface area contributed by atoms with Gasteiger partial charge in [0.1, 0.15) is 11.4 Å². The van der Waals surface area contributed by atoms with Gasteiger partial charge in [0, 0.05) is 6.04 Å². The standard InChI is InChI=1S/C14H17N3O2S/c1-9-2-3-10(6-9)16-12(18)7-17-8-15-13-11(14(17)19)4-5-20-13/h4-5,8-10H,2-3,6-7H2,1H3,(H,16,18). The van der Waals surface area contributed by atoms with Gasteiger partial charge in [-0.3, -0.25) is 14.2 Å². The fourth-order valence-corrected chi connectivity index (χ4v) is 3.50. The first-order valence-electron chi connectivity index (χ1n) is 6.85. The number of rotatable bonds is 3. The third-order valence-corrected chi connectivity index (χ3v) is 4.65. The molecule has 0 spiro atoms. The second-order valence-electron chi connectivity index (χ2n) is 5.50. The Hall–Kier alpha value is -1.69. The molecule has 0 saturated heterocycles. The molecule has 1 fully saturated rings. The monoisotopic (exact) mass is 291 g/mol. The highest BCUT2D eigenvalue weighted by Gasteiger charge is 2.22. The van der Waals surface area contributed by atoms with Crippen molar-refractivity contribution in [3.05, 3.63) is 28.1 Å². The van der Waals surface area contributed by atoms with Gasteiger partial charge in [-0.15, -0.1) is 11.3 Å². The molecule has 1 aliphatic carbocycles. The first-order valence-corrected chi connectivity index (χ1v) is 7.73. The lowest BCUT2D eigenvalue weighted by molar-refractivity contribution is -0.122. The molecule has 2 atom stereocenters. The molecule has 20 heavy (non-hydrogen) atoms. The van der Waals surface area contributed by atoms with Crippen molar-refractivity contribution in [1.29, 1.82) is 0 Å². The number of hydrogen-bond acceptors (Lipinski definition) is 4. The molecule has 1 saturated carbocycles. The minimum atomic E-state index is -0.147. The number of fused-ring (bicyclic) bond motifs is 1. The van der Waals surface area contributed by atoms with Crippen LogP contribution in [0.1, 0.15) is 26.2 Å². The lowest BCUT2D eigenvalue weighted by atomic mass is 10.1. The third-order valence-electron chi connectivity index (χ3n) is 3.82. The van der Waals surface area contributed by atoms with Gasteiger partial charge >= 0.3 is 0 Å². The fraction of sp³-hybridized carbons (Fsp3) is 0.500. The van der Waals surface area contributed by atoms with E-state index in [2.05, 4.69) is 17.2 Å². The molecule has 1 amide bonds. The zero-order valence-corrected chi connectivity index (χ0v) is 12.2. The van der Waals surface area contributed by atoms with E-state index in [-0.39, 0.29) is 24.1 Å². The van der Waals surface area contributed by atoms with Crippen molar-refractivity contribution in [3.8, 4) is 0 Å². The number of nitrogens with zero attached hydrogens (tertiary/aromatic N) is 2. The van der Waals surface area contributed by atoms with E-state index >= 15 is 0 Å². The second-order valence-corrected chi connectivity index (χ2v) is 6.39. The van der Waals surface area contributed by atoms with Crippen molar-refractivity contribution in [3.63, 3.8) is 0 Å². The molecule has 2 aromatic rings. The van der Waals surface area contributed by atoms with Crippen LogP contribution in [0.4, 0.5) is 0 Å². The fourth-order valence-electron chi connectivity index (χ4n) is 2.77. The minimum Gasteiger partial charge on any atom is -0.352 e. The van der Waals surface area contributed by atoms with Crippen LogP contribution >= 0.6 is 11.3 Å². The Morgan fingerprint density at radius 3 is 3.15 bits per heavy atom. The Labute approximate surface area is 120 Å². The Kier molecular flexibility index (Phi) is 3.56. The quantitative estimate of drug-likeness (QED) is 0.937. The van der Waals surface area contributed by atoms with Crippen LogP contribution in [0.25, 0.3) is 10.2 Å². The molecule has 2 unspecified atom stereocenters. The van der Waals surface area contributed by atoms with E-state index < -0.39 is 0 Å². The van der Waals surface area contributed by atoms with Gasteiger partial charge in [0.15, 0.2) is 0 Å². The van der Waals surface area contributed by atoms with E-state index in [1.165, 1.54) is 22.2 Å². The lowest BCUT2D eigenvalue weighted by Crippen LogP contribution is -2.37. The number of amides is 1. The molecule has 3 rings (SSSR count). The number of carbonyl (C=O) groups excluding carboxylic acids is 1. The number of nitrogens with one attached hydrogen (secondary N) is 1. The summed E-state index contributed by atoms with van der Waals surface area (Å²) in [5, 5.41) is 5.42. The third kappa shape index (κ3) is 2.60. The zero-order chi connectivity index (χ0) is 14.1. The number of hydrogen-bond donors (Lipinski definition) is 1. The van der Waals surface area contributed by atoms with E-state index in [4.69, 9.17) is 0 Å². The van der Waals surface area contributed by atoms with Gasteiger partial charge < -0.3 is 5.32 Å². The van der Waals surface area contributed by atoms with Crippen LogP contribution in [0.2, 0.25) is 0 Å². The van der Waals surface area contributed by atoms with Crippen LogP contribution in [-0.4, -0.2) is 21.5 Å². The van der Waals surface area contributed by atoms with Crippen LogP contribution < -0.4 is 10.9 Å². The van der Waals surface area contributed by atoms with E-state index in [1.54, 1.807) is 6.07 Å². The van der Waals surface area contributed by atoms with Gasteiger partial charge in [0.2, 0.25) is 5.91 Å². The SMILES string of the molecule is CC1CCC(NC(=O)Cn2cnc3sccc3c2=O)C1. The van der Waals surface area contributed by atoms with Crippen LogP contribution in [0.15, 0.2) is 22.6 Å². The summed E-state index contributed by atoms with van der Waals surface area (Å²) in [5.41, 5.74) is -0.147. The molecule has 1 N–H and O–H groups in total. The summed E-state index contributed by atoms with van der Waals surface area (Å²) < 4.78 is 1.38. The molecule has 6 heteroatoms. The lowest BCUT2D eigenvalue weighted by Gasteiger charge is -2.13. The number of thiophene rings is 1. The number of aromatic nitrogens is 2. The molecular formula is C14H17N3O2S. The van der Waals surface area contributed by atoms with Crippen LogP contribution in [-0.2, 0) is 11.3 Å². The average Bonchev–Trinajstić information content (AvgIpc) is 3.02. The molecule has 1 aliphatic rings. The highest BCUT2D eigenvalue weighted by atomic mass is 32.1. The van der Waals surface area contributed by atoms with Gasteiger partial charge in [0.05, 0.1) is 11.7 Å². The number of carbonyl (C=O) groups is 1. The normalized spacial score (nSPS) is 22.2. The van der Waals surface area contributed by atoms with Gasteiger partial charge in [-0.05, 0) is 36.6 Å². The average molecular weight is 291 g/mol. The first-order chi connectivity index (χ1) is 9.63. The maximum absolute atomic E-state index is 12.2. The summed E-state index contributed by atoms with van der Waals surface area (Å²) in [6.07, 6.45) is 4.68. The zero-order valence-electron chi connectivity index (χ0n) is 11.3. The highest BCUT2D eigenvalue weighted by molar-refractivity contribution is 7.16. The van der Waals surface area contributed by atoms with Crippen molar-refractivity contribution in [2.75, 3.05) is 0 Å². The maximum Gasteiger partial charge on any atom is 0.262 e. The predicted molar refractivity (Wildman–Crippen MR) is 78.8 cm³/mol. The van der Waals surface area contributed by atoms with Crippen molar-refractivity contribution in [2.24, 2.45) is 5.92 Å². The molecule has 0 aliphatic heterocycles. The summed E-state index contributed by atoms with van der Waals surface area (Å²) in [7, 11) is 0. The molecule has 0 radical (unpaired) electrons. The van der Waals surface area contributed by atoms with Crippen molar-refractivity contribution in [1.82, 2.24) is 14.9 Å². The van der Waals surface area contributed by atoms with Gasteiger partial charge in [-0.25, -0.2) is 4.98 Å². The van der Waals surface area contributed by atoms with E-state index in [9.17, 15) is 9.59 Å². The molecule has 2 heterocycles. The highest BCUT2D eigenvalue weighted by Crippen LogP contribution is 2.24. The van der Waals surface area contributed by atoms with Gasteiger partial charge in [0.25, 0.3) is 5.56 Å². The summed E-state index contributed by atoms with van der Waals surface area (Å²) in [4.78, 5) is 29.1. The van der Waals surface area contributed by atoms with Crippen LogP contribution in [0, 0.1) is 5.92 Å². The maximum atomic E-state index is 12.2.